The van der Waals surface area contributed by atoms with Crippen molar-refractivity contribution in [2.45, 2.75) is 65.3 Å². The van der Waals surface area contributed by atoms with E-state index in [0.717, 1.165) is 0 Å². The van der Waals surface area contributed by atoms with Crippen LogP contribution in [0.15, 0.2) is 5.47 Å². The van der Waals surface area contributed by atoms with Gasteiger partial charge in [-0.05, 0) is 53.9 Å². The molecular formula is C21H26BF4NO6. The van der Waals surface area contributed by atoms with Crippen molar-refractivity contribution in [3.05, 3.63) is 39.9 Å². The summed E-state index contributed by atoms with van der Waals surface area (Å²) in [7, 11) is -1.26. The van der Waals surface area contributed by atoms with Gasteiger partial charge in [0.2, 0.25) is 0 Å². The molecule has 0 spiro atoms. The van der Waals surface area contributed by atoms with Crippen molar-refractivity contribution in [1.82, 2.24) is 5.32 Å². The van der Waals surface area contributed by atoms with Crippen LogP contribution in [0.1, 0.15) is 64.4 Å². The first-order valence-corrected chi connectivity index (χ1v) is 10.00. The van der Waals surface area contributed by atoms with Gasteiger partial charge < -0.3 is 24.5 Å². The summed E-state index contributed by atoms with van der Waals surface area (Å²) in [6.45, 7) is 11.3. The Kier molecular flexibility index (Phi) is 7.25. The number of carboxylic acid groups (broad SMARTS) is 1. The highest BCUT2D eigenvalue weighted by molar-refractivity contribution is 6.56. The highest BCUT2D eigenvalue weighted by atomic mass is 19.2. The van der Waals surface area contributed by atoms with Gasteiger partial charge in [-0.2, -0.15) is 0 Å². The van der Waals surface area contributed by atoms with Gasteiger partial charge in [0.15, 0.2) is 23.3 Å². The van der Waals surface area contributed by atoms with Gasteiger partial charge in [-0.15, -0.1) is 0 Å². The van der Waals surface area contributed by atoms with E-state index < -0.39 is 76.9 Å². The number of nitrogens with one attached hydrogen (secondary N) is 1. The van der Waals surface area contributed by atoms with Crippen LogP contribution in [0.25, 0.3) is 6.08 Å². The number of carbonyl (C=O) groups excluding carboxylic acids is 1. The number of carboxylic acids is 1. The molecule has 1 aliphatic rings. The van der Waals surface area contributed by atoms with E-state index in [1.54, 1.807) is 48.5 Å². The maximum absolute atomic E-state index is 14.6. The molecule has 1 amide bonds. The summed E-state index contributed by atoms with van der Waals surface area (Å²) in [5.41, 5.74) is -5.65. The topological polar surface area (TPSA) is 94.1 Å². The molecule has 12 heteroatoms. The van der Waals surface area contributed by atoms with Crippen molar-refractivity contribution in [2.75, 3.05) is 6.54 Å². The summed E-state index contributed by atoms with van der Waals surface area (Å²) in [5.74, 6) is -10.1. The maximum Gasteiger partial charge on any atom is 0.492 e. The van der Waals surface area contributed by atoms with E-state index in [1.165, 1.54) is 0 Å². The lowest BCUT2D eigenvalue weighted by Gasteiger charge is -2.32. The molecule has 33 heavy (non-hydrogen) atoms. The molecule has 0 atom stereocenters. The number of amides is 1. The number of rotatable bonds is 5. The molecular weight excluding hydrogens is 449 g/mol. The highest BCUT2D eigenvalue weighted by Crippen LogP contribution is 2.39. The normalized spacial score (nSPS) is 17.8. The fourth-order valence-electron chi connectivity index (χ4n) is 2.83. The lowest BCUT2D eigenvalue weighted by atomic mass is 9.76. The van der Waals surface area contributed by atoms with E-state index >= 15 is 0 Å². The fourth-order valence-corrected chi connectivity index (χ4v) is 2.83. The third kappa shape index (κ3) is 5.67. The maximum atomic E-state index is 14.6. The smallest absolute Gasteiger partial charge is 0.477 e. The Morgan fingerprint density at radius 2 is 1.45 bits per heavy atom. The van der Waals surface area contributed by atoms with Gasteiger partial charge in [0.25, 0.3) is 0 Å². The van der Waals surface area contributed by atoms with Crippen molar-refractivity contribution in [3.63, 3.8) is 0 Å². The largest absolute Gasteiger partial charge is 0.492 e. The Morgan fingerprint density at radius 3 is 1.85 bits per heavy atom. The molecule has 1 saturated heterocycles. The van der Waals surface area contributed by atoms with Crippen LogP contribution in [-0.2, 0) is 14.0 Å². The van der Waals surface area contributed by atoms with Crippen molar-refractivity contribution in [2.24, 2.45) is 0 Å². The summed E-state index contributed by atoms with van der Waals surface area (Å²) < 4.78 is 74.2. The van der Waals surface area contributed by atoms with Gasteiger partial charge in [-0.3, -0.25) is 0 Å². The Bertz CT molecular complexity index is 958. The van der Waals surface area contributed by atoms with E-state index in [1.807, 2.05) is 0 Å². The van der Waals surface area contributed by atoms with Gasteiger partial charge in [0.05, 0.1) is 16.8 Å². The molecule has 2 rings (SSSR count). The zero-order valence-corrected chi connectivity index (χ0v) is 19.4. The third-order valence-corrected chi connectivity index (χ3v) is 5.23. The van der Waals surface area contributed by atoms with Crippen LogP contribution in [0.4, 0.5) is 22.4 Å². The molecule has 1 aromatic carbocycles. The number of benzene rings is 1. The van der Waals surface area contributed by atoms with E-state index in [2.05, 4.69) is 5.32 Å². The summed E-state index contributed by atoms with van der Waals surface area (Å²) in [5, 5.41) is 11.2. The number of aromatic carboxylic acids is 1. The van der Waals surface area contributed by atoms with E-state index in [-0.39, 0.29) is 5.47 Å². The summed E-state index contributed by atoms with van der Waals surface area (Å²) in [6.07, 6.45) is -0.161. The van der Waals surface area contributed by atoms with Crippen LogP contribution in [0.5, 0.6) is 0 Å². The van der Waals surface area contributed by atoms with Crippen LogP contribution in [0.3, 0.4) is 0 Å². The molecule has 182 valence electrons. The van der Waals surface area contributed by atoms with Gasteiger partial charge in [0, 0.05) is 6.54 Å². The summed E-state index contributed by atoms with van der Waals surface area (Å²) >= 11 is 0. The highest BCUT2D eigenvalue weighted by Gasteiger charge is 2.52. The summed E-state index contributed by atoms with van der Waals surface area (Å²) in [6, 6.07) is 0. The number of alkyl carbamates (subject to hydrolysis) is 1. The Hall–Kier alpha value is -2.60. The van der Waals surface area contributed by atoms with Crippen LogP contribution in [0, 0.1) is 23.3 Å². The molecule has 2 N–H and O–H groups in total. The average Bonchev–Trinajstić information content (AvgIpc) is 2.85. The number of carbonyl (C=O) groups is 2. The molecule has 1 aliphatic heterocycles. The van der Waals surface area contributed by atoms with Crippen LogP contribution >= 0.6 is 0 Å². The molecule has 0 unspecified atom stereocenters. The summed E-state index contributed by atoms with van der Waals surface area (Å²) in [4.78, 5) is 23.1. The molecule has 0 bridgehead atoms. The average molecular weight is 475 g/mol. The predicted molar refractivity (Wildman–Crippen MR) is 112 cm³/mol. The zero-order valence-electron chi connectivity index (χ0n) is 19.4. The van der Waals surface area contributed by atoms with Crippen molar-refractivity contribution < 1.29 is 46.3 Å². The monoisotopic (exact) mass is 475 g/mol. The first-order valence-electron chi connectivity index (χ1n) is 10.00. The quantitative estimate of drug-likeness (QED) is 0.371. The lowest BCUT2D eigenvalue weighted by Crippen LogP contribution is -2.41. The minimum absolute atomic E-state index is 0.0980. The molecule has 1 aromatic rings. The molecule has 0 saturated carbocycles. The van der Waals surface area contributed by atoms with Crippen LogP contribution in [0.2, 0.25) is 0 Å². The zero-order chi connectivity index (χ0) is 25.5. The first kappa shape index (κ1) is 26.7. The molecule has 0 radical (unpaired) electrons. The third-order valence-electron chi connectivity index (χ3n) is 5.23. The van der Waals surface area contributed by atoms with Gasteiger partial charge in [-0.1, -0.05) is 6.08 Å². The molecule has 1 heterocycles. The van der Waals surface area contributed by atoms with E-state index in [0.29, 0.717) is 6.08 Å². The molecule has 1 fully saturated rings. The SMILES string of the molecule is CC(C)(C)OC(=O)NCC(=Cc1c(F)c(F)c(C(=O)O)c(F)c1F)B1OC(C)(C)C(C)(C)O1. The Morgan fingerprint density at radius 1 is 1.00 bits per heavy atom. The minimum Gasteiger partial charge on any atom is -0.477 e. The Balaban J connectivity index is 2.55. The minimum atomic E-state index is -2.17. The molecule has 0 aromatic heterocycles. The van der Waals surface area contributed by atoms with Gasteiger partial charge in [-0.25, -0.2) is 27.2 Å². The van der Waals surface area contributed by atoms with Crippen LogP contribution in [-0.4, -0.2) is 47.6 Å². The second-order valence-corrected chi connectivity index (χ2v) is 9.51. The second-order valence-electron chi connectivity index (χ2n) is 9.51. The van der Waals surface area contributed by atoms with Crippen molar-refractivity contribution in [1.29, 1.82) is 0 Å². The predicted octanol–water partition coefficient (Wildman–Crippen LogP) is 4.48. The van der Waals surface area contributed by atoms with Crippen LogP contribution < -0.4 is 5.32 Å². The van der Waals surface area contributed by atoms with E-state index in [9.17, 15) is 27.2 Å². The number of ether oxygens (including phenoxy) is 1. The second kappa shape index (κ2) is 8.98. The first-order chi connectivity index (χ1) is 14.9. The Labute approximate surface area is 189 Å². The number of hydrogen-bond acceptors (Lipinski definition) is 5. The van der Waals surface area contributed by atoms with Crippen molar-refractivity contribution in [3.8, 4) is 0 Å². The van der Waals surface area contributed by atoms with Gasteiger partial charge >= 0.3 is 19.2 Å². The van der Waals surface area contributed by atoms with Gasteiger partial charge in [0.1, 0.15) is 11.2 Å². The lowest BCUT2D eigenvalue weighted by molar-refractivity contribution is 0.00578. The van der Waals surface area contributed by atoms with E-state index in [4.69, 9.17) is 19.2 Å². The number of hydrogen-bond donors (Lipinski definition) is 2. The molecule has 0 aliphatic carbocycles. The standard InChI is InChI=1S/C21H26BF4NO6/c1-19(2,3)31-18(30)27-9-10(22-32-20(4,5)21(6,7)33-22)8-11-13(23)15(25)12(17(28)29)16(26)14(11)24/h8H,9H2,1-7H3,(H,27,30)(H,28,29). The molecule has 7 nitrogen and oxygen atoms in total. The van der Waals surface area contributed by atoms with Crippen molar-refractivity contribution >= 4 is 25.3 Å². The number of halogens is 4. The fraction of sp³-hybridized carbons (Fsp3) is 0.524.